The number of nitrogens with one attached hydrogen (secondary N) is 3. The molecule has 3 aliphatic rings. The Morgan fingerprint density at radius 2 is 1.98 bits per heavy atom. The Bertz CT molecular complexity index is 1720. The number of methoxy groups -OCH3 is 1. The van der Waals surface area contributed by atoms with Crippen molar-refractivity contribution in [1.82, 2.24) is 25.1 Å². The topological polar surface area (TPSA) is 130 Å². The van der Waals surface area contributed by atoms with Crippen LogP contribution in [0.2, 0.25) is 0 Å². The van der Waals surface area contributed by atoms with E-state index in [2.05, 4.69) is 36.7 Å². The minimum Gasteiger partial charge on any atom is -0.453 e. The summed E-state index contributed by atoms with van der Waals surface area (Å²) in [5.41, 5.74) is 9.19. The molecule has 1 atom stereocenters. The molecule has 5 heterocycles. The van der Waals surface area contributed by atoms with Crippen LogP contribution in [-0.4, -0.2) is 56.9 Å². The predicted octanol–water partition coefficient (Wildman–Crippen LogP) is 3.34. The fourth-order valence-electron chi connectivity index (χ4n) is 5.29. The number of carbonyl (C=O) groups excluding carboxylic acids is 1. The molecule has 1 spiro atoms. The van der Waals surface area contributed by atoms with Crippen LogP contribution < -0.4 is 21.4 Å². The van der Waals surface area contributed by atoms with Gasteiger partial charge in [-0.25, -0.2) is 19.8 Å². The fraction of sp³-hybridized carbons (Fsp3) is 0.250. The molecule has 1 saturated heterocycles. The zero-order chi connectivity index (χ0) is 27.4. The van der Waals surface area contributed by atoms with E-state index < -0.39 is 6.09 Å². The Morgan fingerprint density at radius 3 is 2.73 bits per heavy atom. The van der Waals surface area contributed by atoms with Crippen LogP contribution in [0, 0.1) is 6.92 Å². The van der Waals surface area contributed by atoms with Crippen LogP contribution in [0.15, 0.2) is 64.6 Å². The maximum atomic E-state index is 13.5. The molecule has 12 nitrogen and oxygen atoms in total. The third-order valence-electron chi connectivity index (χ3n) is 7.53. The van der Waals surface area contributed by atoms with Crippen LogP contribution in [0.3, 0.4) is 0 Å². The van der Waals surface area contributed by atoms with Gasteiger partial charge in [0.05, 0.1) is 36.4 Å². The number of quaternary nitrogens is 1. The van der Waals surface area contributed by atoms with Crippen molar-refractivity contribution in [2.24, 2.45) is 5.10 Å². The molecule has 1 fully saturated rings. The number of amides is 1. The summed E-state index contributed by atoms with van der Waals surface area (Å²) in [7, 11) is 1.32. The maximum absolute atomic E-state index is 13.5. The SMILES string of the molecule is COC(=O)Nc1ccc(-c2cnc(C3CCc4nc(-c5cc(C)ccc5N5C=N[N+]6(CC6)N5)cc(=O)n43)[nH]2)cc1. The van der Waals surface area contributed by atoms with Crippen molar-refractivity contribution in [3.8, 4) is 22.5 Å². The second kappa shape index (κ2) is 9.14. The van der Waals surface area contributed by atoms with Gasteiger partial charge in [-0.2, -0.15) is 0 Å². The van der Waals surface area contributed by atoms with Gasteiger partial charge in [0.25, 0.3) is 5.56 Å². The number of nitrogens with zero attached hydrogens (tertiary/aromatic N) is 6. The van der Waals surface area contributed by atoms with Crippen LogP contribution in [0.4, 0.5) is 16.2 Å². The highest BCUT2D eigenvalue weighted by molar-refractivity contribution is 5.88. The molecule has 12 heteroatoms. The summed E-state index contributed by atoms with van der Waals surface area (Å²) >= 11 is 0. The first-order valence-corrected chi connectivity index (χ1v) is 13.2. The minimum atomic E-state index is -0.523. The van der Waals surface area contributed by atoms with Gasteiger partial charge in [0.2, 0.25) is 0 Å². The number of anilines is 2. The Kier molecular flexibility index (Phi) is 5.54. The minimum absolute atomic E-state index is 0.108. The average molecular weight is 539 g/mol. The molecule has 3 N–H and O–H groups in total. The number of fused-ring (bicyclic) bond motifs is 1. The van der Waals surface area contributed by atoms with Crippen molar-refractivity contribution in [1.29, 1.82) is 0 Å². The number of aromatic nitrogens is 4. The summed E-state index contributed by atoms with van der Waals surface area (Å²) in [4.78, 5) is 37.9. The van der Waals surface area contributed by atoms with E-state index in [0.717, 1.165) is 53.4 Å². The third-order valence-corrected chi connectivity index (χ3v) is 7.53. The number of ether oxygens (including phenoxy) is 1. The highest BCUT2D eigenvalue weighted by Gasteiger charge is 2.49. The van der Waals surface area contributed by atoms with Gasteiger partial charge in [0.1, 0.15) is 11.6 Å². The summed E-state index contributed by atoms with van der Waals surface area (Å²) in [6.45, 7) is 3.95. The van der Waals surface area contributed by atoms with E-state index in [1.54, 1.807) is 35.3 Å². The molecule has 40 heavy (non-hydrogen) atoms. The number of aromatic amines is 1. The summed E-state index contributed by atoms with van der Waals surface area (Å²) in [6, 6.07) is 14.9. The highest BCUT2D eigenvalue weighted by atomic mass is 16.5. The molecular formula is C28H28N9O3+. The van der Waals surface area contributed by atoms with E-state index in [0.29, 0.717) is 28.3 Å². The molecule has 0 radical (unpaired) electrons. The molecule has 2 aromatic carbocycles. The molecule has 1 unspecified atom stereocenters. The van der Waals surface area contributed by atoms with E-state index in [-0.39, 0.29) is 11.6 Å². The number of benzene rings is 2. The van der Waals surface area contributed by atoms with E-state index in [1.165, 1.54) is 7.11 Å². The van der Waals surface area contributed by atoms with Crippen molar-refractivity contribution < 1.29 is 14.2 Å². The van der Waals surface area contributed by atoms with E-state index in [9.17, 15) is 9.59 Å². The number of carbonyl (C=O) groups is 1. The number of aryl methyl sites for hydroxylation is 2. The zero-order valence-corrected chi connectivity index (χ0v) is 22.1. The fourth-order valence-corrected chi connectivity index (χ4v) is 5.29. The Balaban J connectivity index is 1.17. The molecular weight excluding hydrogens is 510 g/mol. The van der Waals surface area contributed by atoms with Crippen molar-refractivity contribution in [3.63, 3.8) is 0 Å². The molecule has 0 aliphatic carbocycles. The summed E-state index contributed by atoms with van der Waals surface area (Å²) in [5.74, 6) is 1.46. The van der Waals surface area contributed by atoms with Gasteiger partial charge in [-0.05, 0) is 53.8 Å². The molecule has 0 saturated carbocycles. The van der Waals surface area contributed by atoms with Crippen LogP contribution in [0.5, 0.6) is 0 Å². The van der Waals surface area contributed by atoms with Crippen LogP contribution in [-0.2, 0) is 11.2 Å². The van der Waals surface area contributed by atoms with Gasteiger partial charge in [0.15, 0.2) is 19.4 Å². The van der Waals surface area contributed by atoms with Crippen molar-refractivity contribution in [2.75, 3.05) is 30.5 Å². The smallest absolute Gasteiger partial charge is 0.411 e. The standard InChI is InChI=1S/C28H27N9O3/c1-17-3-8-23(35-16-30-37(34-35)11-12-37)20(13-17)21-14-26(38)36-24(9-10-25(36)32-21)27-29-15-22(33-27)18-4-6-19(7-5-18)31-28(39)40-2/h3-8,13-16,24,34H,9-12H2,1-2H3,(H-,29,31,33,39)/p+1. The Labute approximate surface area is 229 Å². The van der Waals surface area contributed by atoms with Crippen LogP contribution in [0.1, 0.15) is 29.7 Å². The van der Waals surface area contributed by atoms with Crippen molar-refractivity contribution in [2.45, 2.75) is 25.8 Å². The molecule has 7 rings (SSSR count). The second-order valence-corrected chi connectivity index (χ2v) is 10.3. The van der Waals surface area contributed by atoms with Crippen molar-refractivity contribution >= 4 is 23.8 Å². The number of imidazole rings is 1. The largest absolute Gasteiger partial charge is 0.453 e. The predicted molar refractivity (Wildman–Crippen MR) is 149 cm³/mol. The number of H-pyrrole nitrogens is 1. The van der Waals surface area contributed by atoms with Gasteiger partial charge in [-0.15, -0.1) is 0 Å². The summed E-state index contributed by atoms with van der Waals surface area (Å²) < 4.78 is 6.89. The van der Waals surface area contributed by atoms with E-state index in [4.69, 9.17) is 4.98 Å². The third kappa shape index (κ3) is 4.23. The lowest BCUT2D eigenvalue weighted by Gasteiger charge is -2.19. The molecule has 1 amide bonds. The number of hydrogen-bond acceptors (Lipinski definition) is 8. The first-order chi connectivity index (χ1) is 19.4. The van der Waals surface area contributed by atoms with Gasteiger partial charge < -0.3 is 9.72 Å². The monoisotopic (exact) mass is 538 g/mol. The van der Waals surface area contributed by atoms with Crippen LogP contribution in [0.25, 0.3) is 22.5 Å². The second-order valence-electron chi connectivity index (χ2n) is 10.3. The summed E-state index contributed by atoms with van der Waals surface area (Å²) in [5, 5.41) is 9.12. The Hall–Kier alpha value is -4.81. The highest BCUT2D eigenvalue weighted by Crippen LogP contribution is 2.35. The first-order valence-electron chi connectivity index (χ1n) is 13.2. The van der Waals surface area contributed by atoms with Gasteiger partial charge in [-0.3, -0.25) is 14.7 Å². The number of hydrazine groups is 1. The molecule has 0 bridgehead atoms. The van der Waals surface area contributed by atoms with E-state index in [1.807, 2.05) is 36.2 Å². The zero-order valence-electron chi connectivity index (χ0n) is 22.1. The Morgan fingerprint density at radius 1 is 1.15 bits per heavy atom. The van der Waals surface area contributed by atoms with Crippen LogP contribution >= 0.6 is 0 Å². The van der Waals surface area contributed by atoms with Gasteiger partial charge in [0, 0.05) is 23.7 Å². The van der Waals surface area contributed by atoms with Crippen molar-refractivity contribution in [3.05, 3.63) is 82.3 Å². The number of rotatable bonds is 5. The lowest BCUT2D eigenvalue weighted by atomic mass is 10.1. The van der Waals surface area contributed by atoms with Gasteiger partial charge >= 0.3 is 6.09 Å². The molecule has 202 valence electrons. The lowest BCUT2D eigenvalue weighted by molar-refractivity contribution is -0.847. The average Bonchev–Trinajstić information content (AvgIpc) is 3.30. The normalized spacial score (nSPS) is 18.2. The van der Waals surface area contributed by atoms with Gasteiger partial charge in [-0.1, -0.05) is 28.5 Å². The molecule has 2 aromatic heterocycles. The maximum Gasteiger partial charge on any atom is 0.411 e. The molecule has 3 aliphatic heterocycles. The lowest BCUT2D eigenvalue weighted by Crippen LogP contribution is -2.42. The van der Waals surface area contributed by atoms with E-state index >= 15 is 0 Å². The number of hydrogen-bond donors (Lipinski definition) is 3. The first kappa shape index (κ1) is 24.2. The molecule has 4 aromatic rings. The summed E-state index contributed by atoms with van der Waals surface area (Å²) in [6.07, 6.45) is 4.43. The quantitative estimate of drug-likeness (QED) is 0.263.